The van der Waals surface area contributed by atoms with Gasteiger partial charge in [0.1, 0.15) is 5.75 Å². The van der Waals surface area contributed by atoms with E-state index in [2.05, 4.69) is 32.0 Å². The number of benzene rings is 1. The monoisotopic (exact) mass is 410 g/mol. The Kier molecular flexibility index (Phi) is 7.52. The molecule has 0 radical (unpaired) electrons. The van der Waals surface area contributed by atoms with Crippen LogP contribution >= 0.6 is 0 Å². The van der Waals surface area contributed by atoms with Crippen LogP contribution in [0.4, 0.5) is 13.2 Å². The third kappa shape index (κ3) is 5.88. The molecule has 0 aliphatic rings. The lowest BCUT2D eigenvalue weighted by atomic mass is 10.0. The van der Waals surface area contributed by atoms with Crippen LogP contribution < -0.4 is 10.9 Å². The van der Waals surface area contributed by atoms with Crippen molar-refractivity contribution in [3.63, 3.8) is 0 Å². The van der Waals surface area contributed by atoms with E-state index in [1.165, 1.54) is 11.6 Å². The molecule has 2 aromatic rings. The summed E-state index contributed by atoms with van der Waals surface area (Å²) in [5.74, 6) is -0.494. The molecule has 1 heterocycles. The number of nitrogens with zero attached hydrogens (tertiary/aromatic N) is 5. The van der Waals surface area contributed by atoms with Crippen LogP contribution in [0.1, 0.15) is 11.1 Å². The van der Waals surface area contributed by atoms with Gasteiger partial charge in [-0.1, -0.05) is 0 Å². The van der Waals surface area contributed by atoms with E-state index in [4.69, 9.17) is 0 Å². The minimum Gasteiger partial charge on any atom is -0.507 e. The summed E-state index contributed by atoms with van der Waals surface area (Å²) in [4.78, 5) is 10.9. The van der Waals surface area contributed by atoms with Crippen molar-refractivity contribution in [2.24, 2.45) is 10.1 Å². The molecule has 0 fully saturated rings. The summed E-state index contributed by atoms with van der Waals surface area (Å²) in [6.07, 6.45) is -2.99. The highest BCUT2D eigenvalue weighted by atomic mass is 19.4. The van der Waals surface area contributed by atoms with Gasteiger partial charge in [-0.25, -0.2) is 14.7 Å². The highest BCUT2D eigenvalue weighted by Crippen LogP contribution is 2.38. The van der Waals surface area contributed by atoms with Crippen LogP contribution in [0, 0.1) is 6.92 Å². The predicted molar refractivity (Wildman–Crippen MR) is 106 cm³/mol. The highest BCUT2D eigenvalue weighted by molar-refractivity contribution is 5.71. The van der Waals surface area contributed by atoms with Crippen LogP contribution in [0.5, 0.6) is 5.75 Å². The van der Waals surface area contributed by atoms with Gasteiger partial charge < -0.3 is 15.3 Å². The number of aromatic hydroxyl groups is 1. The predicted octanol–water partition coefficient (Wildman–Crippen LogP) is 2.10. The van der Waals surface area contributed by atoms with E-state index in [0.29, 0.717) is 24.8 Å². The number of phenolic OH excluding ortho intramolecular Hbond substituents is 1. The smallest absolute Gasteiger partial charge is 0.416 e. The summed E-state index contributed by atoms with van der Waals surface area (Å²) in [7, 11) is 3.85. The van der Waals surface area contributed by atoms with Gasteiger partial charge in [-0.05, 0) is 44.8 Å². The Hall–Kier alpha value is -2.72. The molecule has 1 aromatic heterocycles. The summed E-state index contributed by atoms with van der Waals surface area (Å²) in [6, 6.07) is 3.23. The van der Waals surface area contributed by atoms with Gasteiger partial charge in [0, 0.05) is 38.1 Å². The first-order chi connectivity index (χ1) is 13.7. The molecule has 0 amide bonds. The molecule has 2 rings (SSSR count). The van der Waals surface area contributed by atoms with Crippen molar-refractivity contribution in [1.82, 2.24) is 19.9 Å². The maximum absolute atomic E-state index is 13.0. The van der Waals surface area contributed by atoms with Gasteiger partial charge in [0.15, 0.2) is 0 Å². The van der Waals surface area contributed by atoms with Crippen molar-refractivity contribution in [3.8, 4) is 17.0 Å². The van der Waals surface area contributed by atoms with Crippen molar-refractivity contribution in [2.45, 2.75) is 13.1 Å². The zero-order valence-electron chi connectivity index (χ0n) is 16.7. The largest absolute Gasteiger partial charge is 0.507 e. The topological polar surface area (TPSA) is 78.0 Å². The van der Waals surface area contributed by atoms with E-state index in [1.807, 2.05) is 14.1 Å². The summed E-state index contributed by atoms with van der Waals surface area (Å²) < 4.78 is 40.2. The number of likely N-dealkylation sites (N-methyl/N-ethyl adjacent to an activating group) is 2. The number of halogens is 3. The third-order valence-electron chi connectivity index (χ3n) is 4.33. The molecule has 7 nitrogen and oxygen atoms in total. The van der Waals surface area contributed by atoms with Crippen LogP contribution in [-0.4, -0.2) is 66.7 Å². The number of rotatable bonds is 8. The fourth-order valence-corrected chi connectivity index (χ4v) is 2.76. The van der Waals surface area contributed by atoms with Gasteiger partial charge in [-0.3, -0.25) is 0 Å². The maximum Gasteiger partial charge on any atom is 0.416 e. The van der Waals surface area contributed by atoms with Crippen molar-refractivity contribution in [1.29, 1.82) is 0 Å². The summed E-state index contributed by atoms with van der Waals surface area (Å²) in [5.41, 5.74) is 0.113. The van der Waals surface area contributed by atoms with Gasteiger partial charge in [0.2, 0.25) is 5.62 Å². The number of aromatic nitrogens is 2. The van der Waals surface area contributed by atoms with E-state index >= 15 is 0 Å². The van der Waals surface area contributed by atoms with E-state index in [-0.39, 0.29) is 16.7 Å². The average Bonchev–Trinajstić information content (AvgIpc) is 2.65. The van der Waals surface area contributed by atoms with Gasteiger partial charge in [0.25, 0.3) is 0 Å². The zero-order valence-corrected chi connectivity index (χ0v) is 16.7. The minimum atomic E-state index is -4.54. The van der Waals surface area contributed by atoms with Crippen LogP contribution in [-0.2, 0) is 6.18 Å². The highest BCUT2D eigenvalue weighted by Gasteiger charge is 2.32. The van der Waals surface area contributed by atoms with Crippen LogP contribution in [0.25, 0.3) is 11.3 Å². The molecule has 0 spiro atoms. The summed E-state index contributed by atoms with van der Waals surface area (Å²) >= 11 is 0. The Morgan fingerprint density at radius 3 is 2.62 bits per heavy atom. The molecule has 29 heavy (non-hydrogen) atoms. The lowest BCUT2D eigenvalue weighted by Crippen LogP contribution is -2.30. The van der Waals surface area contributed by atoms with Gasteiger partial charge >= 0.3 is 6.18 Å². The van der Waals surface area contributed by atoms with Crippen LogP contribution in [0.2, 0.25) is 0 Å². The molecular formula is C19H25F3N6O. The molecule has 1 aromatic carbocycles. The fraction of sp³-hybridized carbons (Fsp3) is 0.421. The molecule has 158 valence electrons. The molecule has 0 atom stereocenters. The standard InChI is InChI=1S/C19H25F3N6O/c1-13-11-14(19(20,21)22)12-16(29)17(13)15-5-8-28(24-3)18(26-15)25-7-10-27(4)9-6-23-2/h5,8,11-12,23,29H,3,6-7,9-10H2,1-2,4H3. The molecule has 10 heteroatoms. The molecule has 0 saturated heterocycles. The Labute approximate surface area is 167 Å². The fourth-order valence-electron chi connectivity index (χ4n) is 2.76. The molecule has 0 saturated carbocycles. The third-order valence-corrected chi connectivity index (χ3v) is 4.33. The van der Waals surface area contributed by atoms with Crippen molar-refractivity contribution >= 4 is 6.72 Å². The Morgan fingerprint density at radius 1 is 1.31 bits per heavy atom. The van der Waals surface area contributed by atoms with Crippen molar-refractivity contribution in [2.75, 3.05) is 40.3 Å². The van der Waals surface area contributed by atoms with Crippen molar-refractivity contribution in [3.05, 3.63) is 41.1 Å². The van der Waals surface area contributed by atoms with Gasteiger partial charge in [-0.2, -0.15) is 18.3 Å². The van der Waals surface area contributed by atoms with Gasteiger partial charge in [-0.15, -0.1) is 0 Å². The Balaban J connectivity index is 2.38. The normalized spacial score (nSPS) is 12.6. The van der Waals surface area contributed by atoms with Crippen LogP contribution in [0.3, 0.4) is 0 Å². The second-order valence-corrected chi connectivity index (χ2v) is 6.57. The number of phenols is 1. The summed E-state index contributed by atoms with van der Waals surface area (Å²) in [6.45, 7) is 7.81. The first kappa shape index (κ1) is 22.6. The second-order valence-electron chi connectivity index (χ2n) is 6.57. The van der Waals surface area contributed by atoms with Gasteiger partial charge in [0.05, 0.1) is 17.8 Å². The molecular weight excluding hydrogens is 385 g/mol. The van der Waals surface area contributed by atoms with E-state index in [9.17, 15) is 18.3 Å². The Morgan fingerprint density at radius 2 is 2.03 bits per heavy atom. The van der Waals surface area contributed by atoms with E-state index in [1.54, 1.807) is 12.3 Å². The molecule has 0 unspecified atom stereocenters. The Bertz CT molecular complexity index is 900. The maximum atomic E-state index is 13.0. The van der Waals surface area contributed by atoms with Crippen LogP contribution in [0.15, 0.2) is 34.5 Å². The quantitative estimate of drug-likeness (QED) is 0.654. The lowest BCUT2D eigenvalue weighted by Gasteiger charge is -2.15. The van der Waals surface area contributed by atoms with Crippen molar-refractivity contribution < 1.29 is 18.3 Å². The molecule has 2 N–H and O–H groups in total. The minimum absolute atomic E-state index is 0.219. The zero-order chi connectivity index (χ0) is 21.6. The second kappa shape index (κ2) is 9.66. The SMILES string of the molecule is C=Nn1ccc(-c2c(C)cc(C(F)(F)F)cc2O)nc1=NCCN(C)CCNC. The molecule has 0 bridgehead atoms. The number of nitrogens with one attached hydrogen (secondary N) is 1. The molecule has 0 aliphatic carbocycles. The molecule has 0 aliphatic heterocycles. The van der Waals surface area contributed by atoms with E-state index in [0.717, 1.165) is 19.2 Å². The van der Waals surface area contributed by atoms with E-state index < -0.39 is 17.5 Å². The number of hydrogen-bond donors (Lipinski definition) is 2. The number of alkyl halides is 3. The summed E-state index contributed by atoms with van der Waals surface area (Å²) in [5, 5.41) is 17.1. The number of aryl methyl sites for hydroxylation is 1. The first-order valence-corrected chi connectivity index (χ1v) is 8.99. The average molecular weight is 410 g/mol. The first-order valence-electron chi connectivity index (χ1n) is 8.99. The lowest BCUT2D eigenvalue weighted by molar-refractivity contribution is -0.137. The number of hydrogen-bond acceptors (Lipinski definition) is 6.